The fraction of sp³-hybridized carbons (Fsp3) is 0. The van der Waals surface area contributed by atoms with E-state index < -0.39 is 5.56 Å². The van der Waals surface area contributed by atoms with Crippen LogP contribution in [-0.4, -0.2) is 14.5 Å². The molecule has 0 atom stereocenters. The monoisotopic (exact) mass is 285 g/mol. The zero-order valence-corrected chi connectivity index (χ0v) is 11.1. The van der Waals surface area contributed by atoms with Crippen molar-refractivity contribution in [1.82, 2.24) is 14.5 Å². The van der Waals surface area contributed by atoms with Gasteiger partial charge in [0.1, 0.15) is 11.5 Å². The van der Waals surface area contributed by atoms with E-state index in [1.54, 1.807) is 6.20 Å². The normalized spacial score (nSPS) is 10.8. The first-order valence-electron chi connectivity index (χ1n) is 5.83. The Morgan fingerprint density at radius 3 is 2.80 bits per heavy atom. The molecule has 0 fully saturated rings. The molecule has 1 aromatic carbocycles. The van der Waals surface area contributed by atoms with Crippen LogP contribution in [0.4, 0.5) is 11.5 Å². The van der Waals surface area contributed by atoms with Crippen LogP contribution in [0.1, 0.15) is 0 Å². The second-order valence-corrected chi connectivity index (χ2v) is 4.67. The van der Waals surface area contributed by atoms with Gasteiger partial charge in [0.2, 0.25) is 0 Å². The largest absolute Gasteiger partial charge is 0.391 e. The molecule has 0 bridgehead atoms. The number of rotatable bonds is 1. The summed E-state index contributed by atoms with van der Waals surface area (Å²) in [6.07, 6.45) is 1.63. The number of hydrogen-bond acceptors (Lipinski definition) is 5. The zero-order valence-electron chi connectivity index (χ0n) is 10.3. The van der Waals surface area contributed by atoms with Crippen molar-refractivity contribution in [3.05, 3.63) is 51.7 Å². The number of H-pyrrole nitrogens is 1. The van der Waals surface area contributed by atoms with E-state index in [9.17, 15) is 4.79 Å². The molecule has 2 heterocycles. The summed E-state index contributed by atoms with van der Waals surface area (Å²) in [6, 6.07) is 9.54. The molecular weight excluding hydrogens is 274 g/mol. The number of nitrogens with zero attached hydrogens (tertiary/aromatic N) is 2. The zero-order chi connectivity index (χ0) is 14.3. The van der Waals surface area contributed by atoms with Gasteiger partial charge in [-0.1, -0.05) is 18.2 Å². The molecule has 2 aromatic heterocycles. The van der Waals surface area contributed by atoms with Gasteiger partial charge in [-0.25, -0.2) is 0 Å². The first-order chi connectivity index (χ1) is 9.58. The minimum absolute atomic E-state index is 0.0632. The van der Waals surface area contributed by atoms with Crippen LogP contribution in [0.25, 0.3) is 16.6 Å². The smallest absolute Gasteiger partial charge is 0.277 e. The average Bonchev–Trinajstić information content (AvgIpc) is 2.45. The van der Waals surface area contributed by atoms with Gasteiger partial charge in [-0.2, -0.15) is 0 Å². The number of anilines is 2. The molecule has 6 nitrogen and oxygen atoms in total. The summed E-state index contributed by atoms with van der Waals surface area (Å²) < 4.78 is 1.67. The number of aromatic amines is 1. The molecule has 3 aromatic rings. The predicted molar refractivity (Wildman–Crippen MR) is 81.3 cm³/mol. The summed E-state index contributed by atoms with van der Waals surface area (Å²) >= 11 is 5.14. The van der Waals surface area contributed by atoms with Crippen molar-refractivity contribution in [3.63, 3.8) is 0 Å². The fourth-order valence-corrected chi connectivity index (χ4v) is 2.30. The van der Waals surface area contributed by atoms with E-state index in [-0.39, 0.29) is 16.3 Å². The molecule has 0 aliphatic heterocycles. The summed E-state index contributed by atoms with van der Waals surface area (Å²) in [5.74, 6) is 0.107. The molecular formula is C13H11N5OS. The molecule has 0 amide bonds. The Morgan fingerprint density at radius 1 is 1.25 bits per heavy atom. The highest BCUT2D eigenvalue weighted by Crippen LogP contribution is 2.20. The van der Waals surface area contributed by atoms with Gasteiger partial charge >= 0.3 is 0 Å². The molecule has 0 saturated carbocycles. The van der Waals surface area contributed by atoms with Gasteiger partial charge in [-0.15, -0.1) is 0 Å². The highest BCUT2D eigenvalue weighted by molar-refractivity contribution is 7.71. The summed E-state index contributed by atoms with van der Waals surface area (Å²) in [5.41, 5.74) is 12.5. The third-order valence-corrected chi connectivity index (χ3v) is 3.30. The van der Waals surface area contributed by atoms with Crippen LogP contribution in [0.5, 0.6) is 0 Å². The lowest BCUT2D eigenvalue weighted by Gasteiger charge is -2.12. The molecule has 3 rings (SSSR count). The van der Waals surface area contributed by atoms with E-state index >= 15 is 0 Å². The third-order valence-electron chi connectivity index (χ3n) is 3.02. The average molecular weight is 285 g/mol. The molecule has 0 radical (unpaired) electrons. The Bertz CT molecular complexity index is 928. The lowest BCUT2D eigenvalue weighted by molar-refractivity contribution is 0.951. The number of hydrogen-bond donors (Lipinski definition) is 3. The Labute approximate surface area is 118 Å². The maximum atomic E-state index is 11.5. The quantitative estimate of drug-likeness (QED) is 0.589. The van der Waals surface area contributed by atoms with E-state index in [0.717, 1.165) is 10.9 Å². The number of para-hydroxylation sites is 1. The van der Waals surface area contributed by atoms with Gasteiger partial charge in [0.05, 0.1) is 17.4 Å². The predicted octanol–water partition coefficient (Wildman–Crippen LogP) is 1.61. The summed E-state index contributed by atoms with van der Waals surface area (Å²) in [4.78, 5) is 18.3. The highest BCUT2D eigenvalue weighted by atomic mass is 32.1. The minimum Gasteiger partial charge on any atom is -0.391 e. The molecule has 0 aliphatic carbocycles. The Balaban J connectivity index is 2.34. The Kier molecular flexibility index (Phi) is 2.76. The van der Waals surface area contributed by atoms with Crippen molar-refractivity contribution in [2.24, 2.45) is 0 Å². The van der Waals surface area contributed by atoms with Crippen LogP contribution in [0, 0.1) is 4.77 Å². The fourth-order valence-electron chi connectivity index (χ4n) is 2.00. The van der Waals surface area contributed by atoms with E-state index in [0.29, 0.717) is 5.69 Å². The third kappa shape index (κ3) is 1.84. The van der Waals surface area contributed by atoms with E-state index in [1.165, 1.54) is 4.57 Å². The van der Waals surface area contributed by atoms with Gasteiger partial charge in [0.25, 0.3) is 5.56 Å². The summed E-state index contributed by atoms with van der Waals surface area (Å²) in [7, 11) is 0. The lowest BCUT2D eigenvalue weighted by Crippen LogP contribution is -2.20. The maximum Gasteiger partial charge on any atom is 0.277 e. The molecule has 5 N–H and O–H groups in total. The lowest BCUT2D eigenvalue weighted by atomic mass is 10.2. The van der Waals surface area contributed by atoms with Gasteiger partial charge in [0.15, 0.2) is 4.77 Å². The van der Waals surface area contributed by atoms with Crippen molar-refractivity contribution >= 4 is 34.6 Å². The second-order valence-electron chi connectivity index (χ2n) is 4.28. The topological polar surface area (TPSA) is 103 Å². The van der Waals surface area contributed by atoms with Crippen LogP contribution in [0.2, 0.25) is 0 Å². The SMILES string of the molecule is Nc1c(N)n(-c2cnc3ccccc3c2)c(=S)[nH]c1=O. The van der Waals surface area contributed by atoms with E-state index in [2.05, 4.69) is 9.97 Å². The maximum absolute atomic E-state index is 11.5. The van der Waals surface area contributed by atoms with E-state index in [4.69, 9.17) is 23.7 Å². The van der Waals surface area contributed by atoms with Gasteiger partial charge < -0.3 is 11.5 Å². The minimum atomic E-state index is -0.488. The van der Waals surface area contributed by atoms with E-state index in [1.807, 2.05) is 30.3 Å². The number of nitrogen functional groups attached to an aromatic ring is 2. The van der Waals surface area contributed by atoms with Crippen LogP contribution in [0.3, 0.4) is 0 Å². The number of nitrogens with one attached hydrogen (secondary N) is 1. The van der Waals surface area contributed by atoms with Crippen molar-refractivity contribution < 1.29 is 0 Å². The number of nitrogens with two attached hydrogens (primary N) is 2. The molecule has 0 spiro atoms. The first-order valence-corrected chi connectivity index (χ1v) is 6.24. The van der Waals surface area contributed by atoms with Gasteiger partial charge in [-0.3, -0.25) is 19.3 Å². The number of benzene rings is 1. The van der Waals surface area contributed by atoms with Gasteiger partial charge in [-0.05, 0) is 24.4 Å². The summed E-state index contributed by atoms with van der Waals surface area (Å²) in [5, 5.41) is 0.941. The van der Waals surface area contributed by atoms with Crippen molar-refractivity contribution in [3.8, 4) is 5.69 Å². The first kappa shape index (κ1) is 12.4. The number of pyridine rings is 1. The van der Waals surface area contributed by atoms with Crippen LogP contribution >= 0.6 is 12.2 Å². The molecule has 100 valence electrons. The molecule has 0 saturated heterocycles. The van der Waals surface area contributed by atoms with Crippen LogP contribution in [-0.2, 0) is 0 Å². The Morgan fingerprint density at radius 2 is 2.00 bits per heavy atom. The van der Waals surface area contributed by atoms with Crippen molar-refractivity contribution in [2.75, 3.05) is 11.5 Å². The molecule has 7 heteroatoms. The highest BCUT2D eigenvalue weighted by Gasteiger charge is 2.09. The van der Waals surface area contributed by atoms with Crippen LogP contribution < -0.4 is 17.0 Å². The van der Waals surface area contributed by atoms with Crippen molar-refractivity contribution in [2.45, 2.75) is 0 Å². The Hall–Kier alpha value is -2.67. The standard InChI is InChI=1S/C13H11N5OS/c14-10-11(15)18(13(20)17-12(10)19)8-5-7-3-1-2-4-9(7)16-6-8/h1-6H,14-15H2,(H,17,19,20). The molecule has 0 unspecified atom stereocenters. The van der Waals surface area contributed by atoms with Crippen molar-refractivity contribution in [1.29, 1.82) is 0 Å². The summed E-state index contributed by atoms with van der Waals surface area (Å²) in [6.45, 7) is 0. The van der Waals surface area contributed by atoms with Gasteiger partial charge in [0, 0.05) is 5.39 Å². The number of fused-ring (bicyclic) bond motifs is 1. The van der Waals surface area contributed by atoms with Crippen LogP contribution in [0.15, 0.2) is 41.3 Å². The second kappa shape index (κ2) is 4.46. The molecule has 20 heavy (non-hydrogen) atoms. The number of aromatic nitrogens is 3. The molecule has 0 aliphatic rings.